The van der Waals surface area contributed by atoms with Crippen LogP contribution in [-0.4, -0.2) is 29.0 Å². The average molecular weight is 400 g/mol. The molecule has 1 N–H and O–H groups in total. The summed E-state index contributed by atoms with van der Waals surface area (Å²) in [5.74, 6) is 0. The second-order valence-corrected chi connectivity index (χ2v) is 8.85. The number of likely N-dealkylation sites (tertiary alicyclic amines) is 1. The first-order valence-corrected chi connectivity index (χ1v) is 11.1. The highest BCUT2D eigenvalue weighted by Gasteiger charge is 2.19. The van der Waals surface area contributed by atoms with Crippen molar-refractivity contribution >= 4 is 5.69 Å². The molecule has 1 saturated heterocycles. The van der Waals surface area contributed by atoms with Gasteiger partial charge in [0.15, 0.2) is 0 Å². The Morgan fingerprint density at radius 3 is 2.37 bits per heavy atom. The Labute approximate surface area is 181 Å². The minimum atomic E-state index is 0.564. The Bertz CT molecular complexity index is 993. The molecular formula is C27H33N3. The maximum absolute atomic E-state index is 4.65. The molecule has 1 aliphatic rings. The molecule has 2 aromatic carbocycles. The predicted octanol–water partition coefficient (Wildman–Crippen LogP) is 6.06. The summed E-state index contributed by atoms with van der Waals surface area (Å²) < 4.78 is 0. The smallest absolute Gasteiger partial charge is 0.0705 e. The van der Waals surface area contributed by atoms with Crippen LogP contribution in [0.5, 0.6) is 0 Å². The summed E-state index contributed by atoms with van der Waals surface area (Å²) in [6.07, 6.45) is 4.33. The first-order valence-electron chi connectivity index (χ1n) is 11.1. The molecule has 3 heteroatoms. The summed E-state index contributed by atoms with van der Waals surface area (Å²) in [5, 5.41) is 3.72. The second kappa shape index (κ2) is 9.01. The number of benzene rings is 2. The quantitative estimate of drug-likeness (QED) is 0.565. The third-order valence-electron chi connectivity index (χ3n) is 6.43. The van der Waals surface area contributed by atoms with Gasteiger partial charge in [-0.2, -0.15) is 0 Å². The molecule has 1 aromatic heterocycles. The topological polar surface area (TPSA) is 28.2 Å². The Kier molecular flexibility index (Phi) is 6.19. The van der Waals surface area contributed by atoms with E-state index in [2.05, 4.69) is 91.4 Å². The highest BCUT2D eigenvalue weighted by molar-refractivity contribution is 5.63. The van der Waals surface area contributed by atoms with E-state index in [0.29, 0.717) is 6.04 Å². The highest BCUT2D eigenvalue weighted by atomic mass is 15.1. The van der Waals surface area contributed by atoms with Crippen LogP contribution in [0, 0.1) is 27.7 Å². The normalized spacial score (nSPS) is 15.3. The molecule has 1 aliphatic heterocycles. The van der Waals surface area contributed by atoms with Crippen LogP contribution < -0.4 is 5.32 Å². The molecule has 0 saturated carbocycles. The van der Waals surface area contributed by atoms with Crippen LogP contribution in [0.1, 0.15) is 40.7 Å². The predicted molar refractivity (Wildman–Crippen MR) is 127 cm³/mol. The maximum atomic E-state index is 4.65. The molecule has 3 nitrogen and oxygen atoms in total. The molecular weight excluding hydrogens is 366 g/mol. The highest BCUT2D eigenvalue weighted by Crippen LogP contribution is 2.25. The molecule has 156 valence electrons. The number of pyridine rings is 1. The molecule has 0 atom stereocenters. The zero-order valence-corrected chi connectivity index (χ0v) is 18.7. The van der Waals surface area contributed by atoms with Crippen LogP contribution in [0.2, 0.25) is 0 Å². The largest absolute Gasteiger partial charge is 0.382 e. The van der Waals surface area contributed by atoms with Gasteiger partial charge in [-0.05, 0) is 105 Å². The summed E-state index contributed by atoms with van der Waals surface area (Å²) in [6.45, 7) is 12.0. The fourth-order valence-corrected chi connectivity index (χ4v) is 4.38. The zero-order chi connectivity index (χ0) is 21.1. The number of piperidine rings is 1. The molecule has 3 aromatic rings. The summed E-state index contributed by atoms with van der Waals surface area (Å²) in [7, 11) is 0. The molecule has 2 heterocycles. The van der Waals surface area contributed by atoms with E-state index in [1.165, 1.54) is 51.9 Å². The van der Waals surface area contributed by atoms with Gasteiger partial charge in [0.2, 0.25) is 0 Å². The van der Waals surface area contributed by atoms with Gasteiger partial charge in [0.25, 0.3) is 0 Å². The van der Waals surface area contributed by atoms with Crippen molar-refractivity contribution in [3.05, 3.63) is 82.5 Å². The third kappa shape index (κ3) is 4.91. The first-order chi connectivity index (χ1) is 14.5. The Balaban J connectivity index is 1.37. The minimum absolute atomic E-state index is 0.564. The number of hydrogen-bond donors (Lipinski definition) is 1. The summed E-state index contributed by atoms with van der Waals surface area (Å²) in [6, 6.07) is 18.2. The van der Waals surface area contributed by atoms with Crippen molar-refractivity contribution in [2.75, 3.05) is 18.4 Å². The number of hydrogen-bond acceptors (Lipinski definition) is 3. The molecule has 0 spiro atoms. The molecule has 4 rings (SSSR count). The number of rotatable bonds is 5. The molecule has 0 unspecified atom stereocenters. The first kappa shape index (κ1) is 20.6. The van der Waals surface area contributed by atoms with E-state index in [-0.39, 0.29) is 0 Å². The van der Waals surface area contributed by atoms with Gasteiger partial charge < -0.3 is 5.32 Å². The van der Waals surface area contributed by atoms with Gasteiger partial charge in [0.1, 0.15) is 0 Å². The lowest BCUT2D eigenvalue weighted by Crippen LogP contribution is -2.38. The zero-order valence-electron chi connectivity index (χ0n) is 18.7. The van der Waals surface area contributed by atoms with E-state index in [0.717, 1.165) is 25.3 Å². The number of aryl methyl sites for hydroxylation is 3. The minimum Gasteiger partial charge on any atom is -0.382 e. The Morgan fingerprint density at radius 2 is 1.67 bits per heavy atom. The van der Waals surface area contributed by atoms with Gasteiger partial charge in [-0.3, -0.25) is 9.88 Å². The fraction of sp³-hybridized carbons (Fsp3) is 0.370. The van der Waals surface area contributed by atoms with Crippen molar-refractivity contribution in [2.45, 2.75) is 53.1 Å². The maximum Gasteiger partial charge on any atom is 0.0705 e. The van der Waals surface area contributed by atoms with Crippen molar-refractivity contribution in [3.8, 4) is 11.3 Å². The van der Waals surface area contributed by atoms with Crippen LogP contribution >= 0.6 is 0 Å². The van der Waals surface area contributed by atoms with Crippen molar-refractivity contribution in [1.29, 1.82) is 0 Å². The second-order valence-electron chi connectivity index (χ2n) is 8.85. The van der Waals surface area contributed by atoms with Crippen molar-refractivity contribution in [2.24, 2.45) is 0 Å². The van der Waals surface area contributed by atoms with Crippen LogP contribution in [0.25, 0.3) is 11.3 Å². The Hall–Kier alpha value is -2.65. The van der Waals surface area contributed by atoms with Gasteiger partial charge in [-0.25, -0.2) is 0 Å². The van der Waals surface area contributed by atoms with E-state index in [9.17, 15) is 0 Å². The average Bonchev–Trinajstić information content (AvgIpc) is 2.73. The van der Waals surface area contributed by atoms with E-state index >= 15 is 0 Å². The SMILES string of the molecule is Cc1cccc(NC2CCN(Cc3ccnc(-c4cc(C)c(C)c(C)c4)c3)CC2)c1. The van der Waals surface area contributed by atoms with Crippen molar-refractivity contribution < 1.29 is 0 Å². The van der Waals surface area contributed by atoms with Crippen LogP contribution in [0.4, 0.5) is 5.69 Å². The molecule has 30 heavy (non-hydrogen) atoms. The lowest BCUT2D eigenvalue weighted by atomic mass is 9.98. The molecule has 1 fully saturated rings. The van der Waals surface area contributed by atoms with E-state index in [4.69, 9.17) is 0 Å². The number of nitrogens with zero attached hydrogens (tertiary/aromatic N) is 2. The van der Waals surface area contributed by atoms with Gasteiger partial charge in [-0.15, -0.1) is 0 Å². The van der Waals surface area contributed by atoms with Crippen LogP contribution in [0.15, 0.2) is 54.7 Å². The lowest BCUT2D eigenvalue weighted by Gasteiger charge is -2.33. The Morgan fingerprint density at radius 1 is 0.933 bits per heavy atom. The van der Waals surface area contributed by atoms with Gasteiger partial charge in [0.05, 0.1) is 5.69 Å². The monoisotopic (exact) mass is 399 g/mol. The lowest BCUT2D eigenvalue weighted by molar-refractivity contribution is 0.211. The van der Waals surface area contributed by atoms with Gasteiger partial charge >= 0.3 is 0 Å². The number of anilines is 1. The van der Waals surface area contributed by atoms with Crippen LogP contribution in [-0.2, 0) is 6.54 Å². The van der Waals surface area contributed by atoms with Crippen molar-refractivity contribution in [1.82, 2.24) is 9.88 Å². The summed E-state index contributed by atoms with van der Waals surface area (Å²) in [5.41, 5.74) is 10.2. The molecule has 0 amide bonds. The van der Waals surface area contributed by atoms with Crippen LogP contribution in [0.3, 0.4) is 0 Å². The number of nitrogens with one attached hydrogen (secondary N) is 1. The summed E-state index contributed by atoms with van der Waals surface area (Å²) >= 11 is 0. The standard InChI is InChI=1S/C27H33N3/c1-19-6-5-7-26(14-19)29-25-9-12-30(13-10-25)18-23-8-11-28-27(17-23)24-15-20(2)22(4)21(3)16-24/h5-8,11,14-17,25,29H,9-10,12-13,18H2,1-4H3. The van der Waals surface area contributed by atoms with E-state index in [1.807, 2.05) is 6.20 Å². The van der Waals surface area contributed by atoms with E-state index < -0.39 is 0 Å². The number of aromatic nitrogens is 1. The van der Waals surface area contributed by atoms with Gasteiger partial charge in [0, 0.05) is 43.1 Å². The van der Waals surface area contributed by atoms with Crippen molar-refractivity contribution in [3.63, 3.8) is 0 Å². The molecule has 0 bridgehead atoms. The van der Waals surface area contributed by atoms with E-state index in [1.54, 1.807) is 0 Å². The third-order valence-corrected chi connectivity index (χ3v) is 6.43. The van der Waals surface area contributed by atoms with Gasteiger partial charge in [-0.1, -0.05) is 12.1 Å². The fourth-order valence-electron chi connectivity index (χ4n) is 4.38. The molecule has 0 aliphatic carbocycles. The summed E-state index contributed by atoms with van der Waals surface area (Å²) in [4.78, 5) is 7.22. The molecule has 0 radical (unpaired) electrons.